The van der Waals surface area contributed by atoms with E-state index in [1.54, 1.807) is 6.20 Å². The van der Waals surface area contributed by atoms with Crippen LogP contribution in [0, 0.1) is 25.2 Å². The molecule has 0 bridgehead atoms. The number of benzene rings is 1. The molecule has 7 heteroatoms. The smallest absolute Gasteiger partial charge is 0.214 e. The van der Waals surface area contributed by atoms with Crippen LogP contribution in [0.2, 0.25) is 0 Å². The highest BCUT2D eigenvalue weighted by Gasteiger charge is 2.27. The van der Waals surface area contributed by atoms with Crippen LogP contribution in [0.25, 0.3) is 10.9 Å². The van der Waals surface area contributed by atoms with E-state index < -0.39 is 10.0 Å². The number of aryl methyl sites for hydroxylation is 2. The van der Waals surface area contributed by atoms with Crippen molar-refractivity contribution in [3.8, 4) is 6.07 Å². The predicted molar refractivity (Wildman–Crippen MR) is 94.4 cm³/mol. The highest BCUT2D eigenvalue weighted by molar-refractivity contribution is 7.89. The molecule has 1 fully saturated rings. The number of pyridine rings is 1. The molecule has 24 heavy (non-hydrogen) atoms. The monoisotopic (exact) mass is 344 g/mol. The van der Waals surface area contributed by atoms with Gasteiger partial charge in [0, 0.05) is 31.2 Å². The van der Waals surface area contributed by atoms with Crippen LogP contribution in [0.4, 0.5) is 5.69 Å². The fourth-order valence-corrected chi connectivity index (χ4v) is 4.71. The van der Waals surface area contributed by atoms with Gasteiger partial charge >= 0.3 is 0 Å². The van der Waals surface area contributed by atoms with Crippen LogP contribution in [0.1, 0.15) is 23.1 Å². The van der Waals surface area contributed by atoms with Crippen molar-refractivity contribution in [2.24, 2.45) is 0 Å². The molecular formula is C17H20N4O2S. The summed E-state index contributed by atoms with van der Waals surface area (Å²) in [6.07, 6.45) is 2.25. The first-order valence-electron chi connectivity index (χ1n) is 7.94. The Morgan fingerprint density at radius 3 is 2.83 bits per heavy atom. The normalized spacial score (nSPS) is 17.0. The van der Waals surface area contributed by atoms with Crippen molar-refractivity contribution < 1.29 is 8.42 Å². The van der Waals surface area contributed by atoms with Crippen LogP contribution in [-0.2, 0) is 10.0 Å². The quantitative estimate of drug-likeness (QED) is 0.918. The lowest BCUT2D eigenvalue weighted by molar-refractivity contribution is 0.456. The third-order valence-corrected chi connectivity index (χ3v) is 6.25. The van der Waals surface area contributed by atoms with Gasteiger partial charge in [-0.15, -0.1) is 0 Å². The maximum atomic E-state index is 11.9. The van der Waals surface area contributed by atoms with Gasteiger partial charge in [-0.3, -0.25) is 4.98 Å². The second kappa shape index (κ2) is 6.38. The van der Waals surface area contributed by atoms with Gasteiger partial charge in [-0.1, -0.05) is 11.6 Å². The molecule has 0 unspecified atom stereocenters. The molecule has 6 nitrogen and oxygen atoms in total. The van der Waals surface area contributed by atoms with Gasteiger partial charge in [0.25, 0.3) is 0 Å². The number of sulfonamides is 1. The van der Waals surface area contributed by atoms with Crippen LogP contribution in [0.15, 0.2) is 18.3 Å². The molecule has 1 aliphatic heterocycles. The molecule has 0 saturated carbocycles. The lowest BCUT2D eigenvalue weighted by Crippen LogP contribution is -2.30. The van der Waals surface area contributed by atoms with Crippen LogP contribution < -0.4 is 5.32 Å². The fourth-order valence-electron chi connectivity index (χ4n) is 3.18. The summed E-state index contributed by atoms with van der Waals surface area (Å²) in [5.74, 6) is 0.229. The molecule has 1 N–H and O–H groups in total. The predicted octanol–water partition coefficient (Wildman–Crippen LogP) is 2.17. The summed E-state index contributed by atoms with van der Waals surface area (Å²) in [5.41, 5.74) is 4.21. The summed E-state index contributed by atoms with van der Waals surface area (Å²) >= 11 is 0. The van der Waals surface area contributed by atoms with Crippen LogP contribution in [0.5, 0.6) is 0 Å². The van der Waals surface area contributed by atoms with Crippen LogP contribution in [-0.4, -0.2) is 43.1 Å². The first-order chi connectivity index (χ1) is 11.4. The Morgan fingerprint density at radius 2 is 2.17 bits per heavy atom. The number of nitrogens with zero attached hydrogens (tertiary/aromatic N) is 3. The van der Waals surface area contributed by atoms with Gasteiger partial charge in [-0.05, 0) is 31.9 Å². The standard InChI is InChI=1S/C17H20N4O2S/c1-12-8-13(2)16-15(9-12)17(14(10-18)11-20-16)19-4-6-21-5-3-7-24(21,22)23/h8-9,11H,3-7H2,1-2H3,(H,19,20). The van der Waals surface area contributed by atoms with E-state index in [0.717, 1.165) is 27.7 Å². The van der Waals surface area contributed by atoms with Gasteiger partial charge in [0.15, 0.2) is 0 Å². The largest absolute Gasteiger partial charge is 0.382 e. The average molecular weight is 344 g/mol. The third-order valence-electron chi connectivity index (χ3n) is 4.29. The molecule has 2 aromatic rings. The van der Waals surface area contributed by atoms with E-state index in [0.29, 0.717) is 31.6 Å². The molecule has 2 heterocycles. The topological polar surface area (TPSA) is 86.1 Å². The van der Waals surface area contributed by atoms with Gasteiger partial charge < -0.3 is 5.32 Å². The lowest BCUT2D eigenvalue weighted by Gasteiger charge is -2.17. The molecule has 0 aliphatic carbocycles. The Balaban J connectivity index is 1.89. The summed E-state index contributed by atoms with van der Waals surface area (Å²) < 4.78 is 25.2. The molecule has 3 rings (SSSR count). The molecule has 126 valence electrons. The second-order valence-electron chi connectivity index (χ2n) is 6.13. The highest BCUT2D eigenvalue weighted by Crippen LogP contribution is 2.28. The molecular weight excluding hydrogens is 324 g/mol. The van der Waals surface area contributed by atoms with Gasteiger partial charge in [0.05, 0.1) is 22.5 Å². The number of fused-ring (bicyclic) bond motifs is 1. The zero-order valence-corrected chi connectivity index (χ0v) is 14.7. The lowest BCUT2D eigenvalue weighted by atomic mass is 10.0. The number of hydrogen-bond donors (Lipinski definition) is 1. The van der Waals surface area contributed by atoms with E-state index >= 15 is 0 Å². The van der Waals surface area contributed by atoms with Gasteiger partial charge in [0.1, 0.15) is 6.07 Å². The molecule has 1 saturated heterocycles. The zero-order chi connectivity index (χ0) is 17.3. The SMILES string of the molecule is Cc1cc(C)c2ncc(C#N)c(NCCN3CCCS3(=O)=O)c2c1. The van der Waals surface area contributed by atoms with Crippen molar-refractivity contribution in [1.29, 1.82) is 5.26 Å². The number of nitriles is 1. The van der Waals surface area contributed by atoms with E-state index in [4.69, 9.17) is 0 Å². The van der Waals surface area contributed by atoms with Crippen molar-refractivity contribution >= 4 is 26.6 Å². The molecule has 0 spiro atoms. The molecule has 1 aliphatic rings. The van der Waals surface area contributed by atoms with Crippen LogP contribution in [0.3, 0.4) is 0 Å². The van der Waals surface area contributed by atoms with E-state index in [1.165, 1.54) is 4.31 Å². The number of hydrogen-bond acceptors (Lipinski definition) is 5. The summed E-state index contributed by atoms with van der Waals surface area (Å²) in [4.78, 5) is 4.39. The first-order valence-corrected chi connectivity index (χ1v) is 9.55. The first kappa shape index (κ1) is 16.7. The zero-order valence-electron chi connectivity index (χ0n) is 13.8. The minimum atomic E-state index is -3.10. The van der Waals surface area contributed by atoms with E-state index in [1.807, 2.05) is 19.9 Å². The number of nitrogens with one attached hydrogen (secondary N) is 1. The van der Waals surface area contributed by atoms with Gasteiger partial charge in [-0.2, -0.15) is 5.26 Å². The van der Waals surface area contributed by atoms with Gasteiger partial charge in [0.2, 0.25) is 10.0 Å². The minimum absolute atomic E-state index is 0.229. The summed E-state index contributed by atoms with van der Waals surface area (Å²) in [7, 11) is -3.10. The van der Waals surface area contributed by atoms with Crippen LogP contribution >= 0.6 is 0 Å². The van der Waals surface area contributed by atoms with Crippen molar-refractivity contribution in [2.45, 2.75) is 20.3 Å². The summed E-state index contributed by atoms with van der Waals surface area (Å²) in [6.45, 7) is 5.44. The summed E-state index contributed by atoms with van der Waals surface area (Å²) in [5, 5.41) is 13.5. The highest BCUT2D eigenvalue weighted by atomic mass is 32.2. The average Bonchev–Trinajstić information content (AvgIpc) is 2.86. The maximum Gasteiger partial charge on any atom is 0.214 e. The van der Waals surface area contributed by atoms with E-state index in [9.17, 15) is 13.7 Å². The molecule has 1 aromatic carbocycles. The van der Waals surface area contributed by atoms with Crippen molar-refractivity contribution in [1.82, 2.24) is 9.29 Å². The second-order valence-corrected chi connectivity index (χ2v) is 8.22. The van der Waals surface area contributed by atoms with Gasteiger partial charge in [-0.25, -0.2) is 12.7 Å². The van der Waals surface area contributed by atoms with Crippen molar-refractivity contribution in [3.05, 3.63) is 35.0 Å². The minimum Gasteiger partial charge on any atom is -0.382 e. The maximum absolute atomic E-state index is 11.9. The molecule has 0 amide bonds. The summed E-state index contributed by atoms with van der Waals surface area (Å²) in [6, 6.07) is 6.23. The Kier molecular flexibility index (Phi) is 4.43. The Hall–Kier alpha value is -2.17. The molecule has 0 radical (unpaired) electrons. The molecule has 1 aromatic heterocycles. The Morgan fingerprint density at radius 1 is 1.38 bits per heavy atom. The number of rotatable bonds is 4. The molecule has 0 atom stereocenters. The van der Waals surface area contributed by atoms with Crippen molar-refractivity contribution in [2.75, 3.05) is 30.7 Å². The van der Waals surface area contributed by atoms with E-state index in [2.05, 4.69) is 22.4 Å². The Bertz CT molecular complexity index is 932. The Labute approximate surface area is 142 Å². The van der Waals surface area contributed by atoms with Crippen molar-refractivity contribution in [3.63, 3.8) is 0 Å². The number of anilines is 1. The van der Waals surface area contributed by atoms with E-state index in [-0.39, 0.29) is 5.75 Å². The third kappa shape index (κ3) is 3.07. The fraction of sp³-hybridized carbons (Fsp3) is 0.412. The number of aromatic nitrogens is 1.